The van der Waals surface area contributed by atoms with Crippen molar-refractivity contribution in [3.63, 3.8) is 0 Å². The van der Waals surface area contributed by atoms with Crippen molar-refractivity contribution in [2.24, 2.45) is 0 Å². The standard InChI is InChI=1S/2C9H7.C3H7.2ClH.Zr/c2*1-2-5-9-7-3-6-8(9)4-1;1-3-2;;;/h2*1-7H;3H,1-2H3;2*1H;/q3*-1;;;+2/p-2. The molecule has 4 aromatic carbocycles. The molecule has 24 heavy (non-hydrogen) atoms. The van der Waals surface area contributed by atoms with Crippen LogP contribution < -0.4 is 0 Å². The molecule has 0 amide bonds. The Morgan fingerprint density at radius 3 is 1.38 bits per heavy atom. The molecule has 0 spiro atoms. The number of rotatable bonds is 0. The van der Waals surface area contributed by atoms with Crippen LogP contribution in [0.1, 0.15) is 13.8 Å². The molecule has 0 fully saturated rings. The van der Waals surface area contributed by atoms with Crippen molar-refractivity contribution in [3.05, 3.63) is 91.3 Å². The number of hydrogen-bond acceptors (Lipinski definition) is 0. The Kier molecular flexibility index (Phi) is 11.8. The van der Waals surface area contributed by atoms with Crippen molar-refractivity contribution >= 4 is 38.6 Å². The minimum absolute atomic E-state index is 0.826. The minimum atomic E-state index is -0.826. The molecule has 0 nitrogen and oxygen atoms in total. The maximum absolute atomic E-state index is 4.93. The molecule has 3 heteroatoms. The second-order valence-electron chi connectivity index (χ2n) is 4.96. The van der Waals surface area contributed by atoms with Crippen molar-refractivity contribution < 1.29 is 20.8 Å². The van der Waals surface area contributed by atoms with Gasteiger partial charge in [-0.3, -0.25) is 0 Å². The van der Waals surface area contributed by atoms with E-state index in [1.165, 1.54) is 21.5 Å². The molecule has 0 atom stereocenters. The first kappa shape index (κ1) is 21.2. The maximum atomic E-state index is 4.93. The van der Waals surface area contributed by atoms with E-state index in [1.54, 1.807) is 0 Å². The summed E-state index contributed by atoms with van der Waals surface area (Å²) in [6.07, 6.45) is 2.00. The molecule has 4 rings (SSSR count). The van der Waals surface area contributed by atoms with Crippen molar-refractivity contribution in [3.8, 4) is 0 Å². The molecule has 0 saturated heterocycles. The van der Waals surface area contributed by atoms with Crippen LogP contribution in [0.4, 0.5) is 0 Å². The Bertz CT molecular complexity index is 658. The van der Waals surface area contributed by atoms with Crippen molar-refractivity contribution in [2.45, 2.75) is 13.8 Å². The molecule has 0 saturated carbocycles. The van der Waals surface area contributed by atoms with E-state index in [1.807, 2.05) is 20.3 Å². The average molecular weight is 436 g/mol. The van der Waals surface area contributed by atoms with Crippen LogP contribution in [0.25, 0.3) is 21.5 Å². The largest absolute Gasteiger partial charge is 0.168 e. The van der Waals surface area contributed by atoms with Gasteiger partial charge in [0.05, 0.1) is 0 Å². The summed E-state index contributed by atoms with van der Waals surface area (Å²) in [5, 5.41) is 5.32. The third-order valence-electron chi connectivity index (χ3n) is 3.10. The van der Waals surface area contributed by atoms with Crippen LogP contribution in [-0.2, 0) is 20.8 Å². The van der Waals surface area contributed by atoms with Crippen LogP contribution in [0.15, 0.2) is 84.9 Å². The van der Waals surface area contributed by atoms with Gasteiger partial charge in [-0.2, -0.15) is 48.9 Å². The van der Waals surface area contributed by atoms with E-state index in [0.29, 0.717) is 0 Å². The second kappa shape index (κ2) is 13.4. The molecule has 0 bridgehead atoms. The van der Waals surface area contributed by atoms with Crippen LogP contribution >= 0.6 is 17.0 Å². The zero-order valence-corrected chi connectivity index (χ0v) is 17.9. The summed E-state index contributed by atoms with van der Waals surface area (Å²) in [5.41, 5.74) is 0. The SMILES string of the molecule is C[CH-]C.[Cl][Zr][Cl].c1ccc2[cH-]ccc2c1.c1ccc2[cH-]ccc2c1. The quantitative estimate of drug-likeness (QED) is 0.248. The monoisotopic (exact) mass is 433 g/mol. The Labute approximate surface area is 163 Å². The normalized spacial score (nSPS) is 9.00. The van der Waals surface area contributed by atoms with Crippen molar-refractivity contribution in [1.29, 1.82) is 0 Å². The van der Waals surface area contributed by atoms with Gasteiger partial charge in [-0.05, 0) is 0 Å². The summed E-state index contributed by atoms with van der Waals surface area (Å²) in [5.74, 6) is 0. The predicted molar refractivity (Wildman–Crippen MR) is 106 cm³/mol. The number of hydrogen-bond donors (Lipinski definition) is 0. The van der Waals surface area contributed by atoms with Gasteiger partial charge in [0.15, 0.2) is 0 Å². The van der Waals surface area contributed by atoms with Crippen LogP contribution in [0.3, 0.4) is 0 Å². The first-order chi connectivity index (χ1) is 11.8. The van der Waals surface area contributed by atoms with E-state index < -0.39 is 20.8 Å². The molecule has 0 aliphatic rings. The molecule has 0 heterocycles. The summed E-state index contributed by atoms with van der Waals surface area (Å²) in [6.45, 7) is 4.00. The van der Waals surface area contributed by atoms with E-state index in [2.05, 4.69) is 84.9 Å². The molecule has 0 aromatic heterocycles. The van der Waals surface area contributed by atoms with E-state index >= 15 is 0 Å². The first-order valence-electron chi connectivity index (χ1n) is 7.68. The molecule has 126 valence electrons. The fourth-order valence-corrected chi connectivity index (χ4v) is 2.14. The number of halogens is 2. The summed E-state index contributed by atoms with van der Waals surface area (Å²) in [6, 6.07) is 29.3. The average Bonchev–Trinajstić information content (AvgIpc) is 3.26. The van der Waals surface area contributed by atoms with Crippen molar-refractivity contribution in [2.75, 3.05) is 0 Å². The van der Waals surface area contributed by atoms with Gasteiger partial charge in [0, 0.05) is 0 Å². The Hall–Kier alpha value is -0.877. The van der Waals surface area contributed by atoms with E-state index in [4.69, 9.17) is 17.0 Å². The van der Waals surface area contributed by atoms with Gasteiger partial charge >= 0.3 is 37.9 Å². The first-order valence-corrected chi connectivity index (χ1v) is 14.0. The van der Waals surface area contributed by atoms with E-state index in [0.717, 1.165) is 0 Å². The van der Waals surface area contributed by atoms with Gasteiger partial charge in [-0.25, -0.2) is 0 Å². The molecule has 0 N–H and O–H groups in total. The third-order valence-corrected chi connectivity index (χ3v) is 3.10. The minimum Gasteiger partial charge on any atom is -0.168 e. The van der Waals surface area contributed by atoms with Gasteiger partial charge in [-0.15, -0.1) is 59.3 Å². The Morgan fingerprint density at radius 1 is 0.708 bits per heavy atom. The van der Waals surface area contributed by atoms with E-state index in [-0.39, 0.29) is 0 Å². The summed E-state index contributed by atoms with van der Waals surface area (Å²) in [7, 11) is 9.87. The Balaban J connectivity index is 0.000000183. The molecule has 0 unspecified atom stereocenters. The fraction of sp³-hybridized carbons (Fsp3) is 0.0952. The number of benzene rings is 2. The van der Waals surface area contributed by atoms with Gasteiger partial charge in [0.2, 0.25) is 0 Å². The van der Waals surface area contributed by atoms with Gasteiger partial charge in [-0.1, -0.05) is 12.1 Å². The van der Waals surface area contributed by atoms with Crippen molar-refractivity contribution in [1.82, 2.24) is 0 Å². The molecule has 0 aliphatic heterocycles. The zero-order valence-electron chi connectivity index (χ0n) is 13.9. The van der Waals surface area contributed by atoms with Crippen LogP contribution in [0, 0.1) is 6.42 Å². The van der Waals surface area contributed by atoms with Crippen LogP contribution in [0.2, 0.25) is 0 Å². The van der Waals surface area contributed by atoms with E-state index in [9.17, 15) is 0 Å². The van der Waals surface area contributed by atoms with Gasteiger partial charge in [0.25, 0.3) is 0 Å². The molecular weight excluding hydrogens is 414 g/mol. The summed E-state index contributed by atoms with van der Waals surface area (Å²) in [4.78, 5) is 0. The van der Waals surface area contributed by atoms with Crippen LogP contribution in [-0.4, -0.2) is 0 Å². The zero-order chi connectivity index (χ0) is 17.6. The molecular formula is C21H21Cl2Zr-3. The van der Waals surface area contributed by atoms with Gasteiger partial charge in [0.1, 0.15) is 0 Å². The van der Waals surface area contributed by atoms with Gasteiger partial charge < -0.3 is 6.42 Å². The number of fused-ring (bicyclic) bond motifs is 2. The molecule has 4 aromatic rings. The maximum Gasteiger partial charge on any atom is -0.0809 e. The second-order valence-corrected chi connectivity index (χ2v) is 8.69. The summed E-state index contributed by atoms with van der Waals surface area (Å²) >= 11 is -0.826. The summed E-state index contributed by atoms with van der Waals surface area (Å²) < 4.78 is 0. The molecule has 0 aliphatic carbocycles. The Morgan fingerprint density at radius 2 is 1.04 bits per heavy atom. The van der Waals surface area contributed by atoms with Crippen LogP contribution in [0.5, 0.6) is 0 Å². The fourth-order valence-electron chi connectivity index (χ4n) is 2.14. The predicted octanol–water partition coefficient (Wildman–Crippen LogP) is 7.72. The topological polar surface area (TPSA) is 0 Å². The molecule has 0 radical (unpaired) electrons. The third kappa shape index (κ3) is 7.80. The smallest absolute Gasteiger partial charge is 0.0809 e.